The largest absolute Gasteiger partial charge is 0.309 e. The molecule has 2 nitrogen and oxygen atoms in total. The molecule has 0 spiro atoms. The third-order valence-electron chi connectivity index (χ3n) is 14.1. The summed E-state index contributed by atoms with van der Waals surface area (Å²) in [5.74, 6) is 0. The van der Waals surface area contributed by atoms with E-state index in [0.29, 0.717) is 0 Å². The summed E-state index contributed by atoms with van der Waals surface area (Å²) in [6.07, 6.45) is 4.50. The molecule has 0 atom stereocenters. The molecule has 65 heavy (non-hydrogen) atoms. The second-order valence-corrected chi connectivity index (χ2v) is 18.1. The van der Waals surface area contributed by atoms with Crippen molar-refractivity contribution in [3.63, 3.8) is 0 Å². The molecular weight excluding hydrogens is 785 g/mol. The van der Waals surface area contributed by atoms with E-state index in [2.05, 4.69) is 254 Å². The van der Waals surface area contributed by atoms with Crippen LogP contribution in [-0.2, 0) is 5.41 Å². The van der Waals surface area contributed by atoms with Crippen LogP contribution in [0.5, 0.6) is 0 Å². The Hall–Kier alpha value is -8.20. The van der Waals surface area contributed by atoms with Crippen molar-refractivity contribution in [1.29, 1.82) is 0 Å². The molecule has 0 radical (unpaired) electrons. The molecule has 0 aliphatic heterocycles. The molecule has 0 saturated carbocycles. The predicted octanol–water partition coefficient (Wildman–Crippen LogP) is 16.8. The Bertz CT molecular complexity index is 3890. The van der Waals surface area contributed by atoms with Gasteiger partial charge in [0.2, 0.25) is 0 Å². The van der Waals surface area contributed by atoms with Crippen molar-refractivity contribution >= 4 is 66.5 Å². The molecule has 0 saturated heterocycles. The van der Waals surface area contributed by atoms with Crippen molar-refractivity contribution in [1.82, 2.24) is 9.13 Å². The minimum Gasteiger partial charge on any atom is -0.309 e. The minimum atomic E-state index is -0.144. The van der Waals surface area contributed by atoms with E-state index >= 15 is 0 Å². The first kappa shape index (κ1) is 37.4. The highest BCUT2D eigenvalue weighted by Gasteiger charge is 2.35. The van der Waals surface area contributed by atoms with Crippen LogP contribution in [0.2, 0.25) is 0 Å². The molecule has 13 rings (SSSR count). The van der Waals surface area contributed by atoms with Gasteiger partial charge in [-0.05, 0) is 122 Å². The van der Waals surface area contributed by atoms with Crippen molar-refractivity contribution in [2.75, 3.05) is 0 Å². The average Bonchev–Trinajstić information content (AvgIpc) is 3.95. The number of benzene rings is 10. The number of fused-ring (bicyclic) bond motifs is 10. The van der Waals surface area contributed by atoms with E-state index in [-0.39, 0.29) is 5.41 Å². The van der Waals surface area contributed by atoms with Gasteiger partial charge in [-0.25, -0.2) is 0 Å². The maximum absolute atomic E-state index is 2.44. The molecule has 0 amide bonds. The fourth-order valence-corrected chi connectivity index (χ4v) is 10.8. The summed E-state index contributed by atoms with van der Waals surface area (Å²) in [5, 5.41) is 7.57. The normalized spacial score (nSPS) is 13.1. The first-order chi connectivity index (χ1) is 32.0. The van der Waals surface area contributed by atoms with Crippen LogP contribution in [0, 0.1) is 0 Å². The van der Waals surface area contributed by atoms with E-state index < -0.39 is 0 Å². The highest BCUT2D eigenvalue weighted by atomic mass is 15.0. The summed E-state index contributed by atoms with van der Waals surface area (Å²) >= 11 is 0. The second kappa shape index (κ2) is 14.4. The maximum atomic E-state index is 2.44. The van der Waals surface area contributed by atoms with Crippen LogP contribution < -0.4 is 0 Å². The molecule has 2 heterocycles. The summed E-state index contributed by atoms with van der Waals surface area (Å²) in [7, 11) is 0. The van der Waals surface area contributed by atoms with Gasteiger partial charge in [-0.1, -0.05) is 184 Å². The summed E-state index contributed by atoms with van der Waals surface area (Å²) in [5.41, 5.74) is 19.8. The van der Waals surface area contributed by atoms with Gasteiger partial charge in [0.1, 0.15) is 0 Å². The van der Waals surface area contributed by atoms with Gasteiger partial charge in [0.15, 0.2) is 0 Å². The topological polar surface area (TPSA) is 9.86 Å². The molecule has 1 aliphatic rings. The molecule has 2 heteroatoms. The van der Waals surface area contributed by atoms with Crippen molar-refractivity contribution in [3.05, 3.63) is 241 Å². The zero-order valence-corrected chi connectivity index (χ0v) is 36.3. The average molecular weight is 829 g/mol. The number of aromatic nitrogens is 2. The Morgan fingerprint density at radius 3 is 1.57 bits per heavy atom. The zero-order valence-electron chi connectivity index (χ0n) is 36.3. The van der Waals surface area contributed by atoms with Gasteiger partial charge in [-0.15, -0.1) is 0 Å². The number of nitrogens with zero attached hydrogens (tertiary/aromatic N) is 2. The van der Waals surface area contributed by atoms with E-state index in [1.54, 1.807) is 0 Å². The Balaban J connectivity index is 0.788. The van der Waals surface area contributed by atoms with Gasteiger partial charge in [0, 0.05) is 38.0 Å². The third-order valence-corrected chi connectivity index (χ3v) is 14.1. The molecule has 12 aromatic rings. The maximum Gasteiger partial charge on any atom is 0.0541 e. The van der Waals surface area contributed by atoms with Crippen molar-refractivity contribution in [2.24, 2.45) is 0 Å². The van der Waals surface area contributed by atoms with Crippen LogP contribution in [0.1, 0.15) is 36.1 Å². The van der Waals surface area contributed by atoms with Gasteiger partial charge in [-0.2, -0.15) is 0 Å². The molecule has 0 bridgehead atoms. The molecule has 0 N–H and O–H groups in total. The van der Waals surface area contributed by atoms with Crippen LogP contribution in [0.15, 0.2) is 218 Å². The highest BCUT2D eigenvalue weighted by Crippen LogP contribution is 2.50. The Labute approximate surface area is 378 Å². The van der Waals surface area contributed by atoms with E-state index in [9.17, 15) is 0 Å². The lowest BCUT2D eigenvalue weighted by molar-refractivity contribution is 0.660. The third kappa shape index (κ3) is 5.88. The Kier molecular flexibility index (Phi) is 8.29. The smallest absolute Gasteiger partial charge is 0.0541 e. The van der Waals surface area contributed by atoms with Gasteiger partial charge in [0.25, 0.3) is 0 Å². The van der Waals surface area contributed by atoms with Crippen LogP contribution >= 0.6 is 0 Å². The van der Waals surface area contributed by atoms with Gasteiger partial charge in [0.05, 0.1) is 27.8 Å². The first-order valence-electron chi connectivity index (χ1n) is 22.7. The van der Waals surface area contributed by atoms with Crippen LogP contribution in [0.25, 0.3) is 111 Å². The standard InChI is InChI=1S/C63H44N2/c1-63(2)56-37-42(24-23-41-25-28-43(29-26-41)45-31-35-61-54(38-45)52-18-8-10-20-59(52)64(61)48-15-4-3-5-16-48)27-33-50(56)51-34-30-47(40-57(51)63)46-32-36-62-55(39-46)53-19-9-11-21-60(53)65(62)58-22-12-14-44-13-6-7-17-49(44)58/h3-40H,1-2H3/b24-23+. The first-order valence-corrected chi connectivity index (χ1v) is 22.7. The van der Waals surface area contributed by atoms with Crippen molar-refractivity contribution in [3.8, 4) is 44.8 Å². The number of hydrogen-bond acceptors (Lipinski definition) is 0. The fraction of sp³-hybridized carbons (Fsp3) is 0.0476. The zero-order chi connectivity index (χ0) is 43.2. The molecule has 0 unspecified atom stereocenters. The molecule has 2 aromatic heterocycles. The van der Waals surface area contributed by atoms with E-state index in [1.807, 2.05) is 0 Å². The predicted molar refractivity (Wildman–Crippen MR) is 276 cm³/mol. The van der Waals surface area contributed by atoms with E-state index in [0.717, 1.165) is 0 Å². The molecule has 306 valence electrons. The SMILES string of the molecule is CC1(C)c2cc(/C=C/c3ccc(-c4ccc5c(c4)c4ccccc4n5-c4ccccc4)cc3)ccc2-c2ccc(-c3ccc4c(c3)c3ccccc3n4-c3cccc4ccccc34)cc21. The number of para-hydroxylation sites is 3. The van der Waals surface area contributed by atoms with Crippen molar-refractivity contribution in [2.45, 2.75) is 19.3 Å². The summed E-state index contributed by atoms with van der Waals surface area (Å²) < 4.78 is 4.81. The Morgan fingerprint density at radius 2 is 0.831 bits per heavy atom. The van der Waals surface area contributed by atoms with E-state index in [1.165, 1.54) is 121 Å². The van der Waals surface area contributed by atoms with Crippen molar-refractivity contribution < 1.29 is 0 Å². The van der Waals surface area contributed by atoms with Gasteiger partial charge >= 0.3 is 0 Å². The summed E-state index contributed by atoms with van der Waals surface area (Å²) in [6.45, 7) is 4.76. The quantitative estimate of drug-likeness (QED) is 0.148. The second-order valence-electron chi connectivity index (χ2n) is 18.1. The lowest BCUT2D eigenvalue weighted by Crippen LogP contribution is -2.15. The summed E-state index contributed by atoms with van der Waals surface area (Å²) in [4.78, 5) is 0. The molecule has 10 aromatic carbocycles. The lowest BCUT2D eigenvalue weighted by atomic mass is 9.81. The van der Waals surface area contributed by atoms with Gasteiger partial charge in [-0.3, -0.25) is 0 Å². The molecule has 1 aliphatic carbocycles. The van der Waals surface area contributed by atoms with Crippen LogP contribution in [-0.4, -0.2) is 9.13 Å². The lowest BCUT2D eigenvalue weighted by Gasteiger charge is -2.22. The minimum absolute atomic E-state index is 0.144. The number of hydrogen-bond donors (Lipinski definition) is 0. The van der Waals surface area contributed by atoms with Crippen LogP contribution in [0.4, 0.5) is 0 Å². The number of rotatable bonds is 6. The fourth-order valence-electron chi connectivity index (χ4n) is 10.8. The molecular formula is C63H44N2. The highest BCUT2D eigenvalue weighted by molar-refractivity contribution is 6.12. The van der Waals surface area contributed by atoms with E-state index in [4.69, 9.17) is 0 Å². The summed E-state index contributed by atoms with van der Waals surface area (Å²) in [6, 6.07) is 80.4. The van der Waals surface area contributed by atoms with Crippen LogP contribution in [0.3, 0.4) is 0 Å². The Morgan fingerprint density at radius 1 is 0.338 bits per heavy atom. The van der Waals surface area contributed by atoms with Gasteiger partial charge < -0.3 is 9.13 Å². The molecule has 0 fully saturated rings. The monoisotopic (exact) mass is 828 g/mol.